The van der Waals surface area contributed by atoms with Gasteiger partial charge in [-0.1, -0.05) is 0 Å². The zero-order valence-corrected chi connectivity index (χ0v) is 9.75. The van der Waals surface area contributed by atoms with E-state index in [-0.39, 0.29) is 5.69 Å². The zero-order chi connectivity index (χ0) is 10.8. The second-order valence-electron chi connectivity index (χ2n) is 2.85. The van der Waals surface area contributed by atoms with Crippen molar-refractivity contribution >= 4 is 28.5 Å². The van der Waals surface area contributed by atoms with Gasteiger partial charge in [-0.05, 0) is 40.8 Å². The number of hydrogen-bond acceptors (Lipinski definition) is 3. The Bertz CT molecular complexity index is 508. The SMILES string of the molecule is NC(=O)c1cc(-n2ccc(I)n2)ccn1. The van der Waals surface area contributed by atoms with E-state index in [1.54, 1.807) is 16.8 Å². The van der Waals surface area contributed by atoms with Crippen LogP contribution in [0.4, 0.5) is 0 Å². The summed E-state index contributed by atoms with van der Waals surface area (Å²) in [5, 5.41) is 4.20. The Morgan fingerprint density at radius 2 is 2.27 bits per heavy atom. The number of carbonyl (C=O) groups is 1. The minimum Gasteiger partial charge on any atom is -0.364 e. The average molecular weight is 314 g/mol. The Kier molecular flexibility index (Phi) is 2.67. The van der Waals surface area contributed by atoms with Crippen LogP contribution in [-0.2, 0) is 0 Å². The molecule has 5 nitrogen and oxygen atoms in total. The number of pyridine rings is 1. The fraction of sp³-hybridized carbons (Fsp3) is 0. The largest absolute Gasteiger partial charge is 0.364 e. The molecule has 1 amide bonds. The van der Waals surface area contributed by atoms with Crippen molar-refractivity contribution in [2.45, 2.75) is 0 Å². The van der Waals surface area contributed by atoms with E-state index >= 15 is 0 Å². The number of hydrogen-bond donors (Lipinski definition) is 1. The van der Waals surface area contributed by atoms with Crippen LogP contribution in [0.15, 0.2) is 30.6 Å². The van der Waals surface area contributed by atoms with Gasteiger partial charge in [0.25, 0.3) is 5.91 Å². The van der Waals surface area contributed by atoms with Gasteiger partial charge in [0.05, 0.1) is 5.69 Å². The van der Waals surface area contributed by atoms with E-state index in [0.29, 0.717) is 0 Å². The third-order valence-electron chi connectivity index (χ3n) is 1.82. The second-order valence-corrected chi connectivity index (χ2v) is 3.95. The van der Waals surface area contributed by atoms with Crippen LogP contribution in [0.3, 0.4) is 0 Å². The van der Waals surface area contributed by atoms with Crippen molar-refractivity contribution in [2.75, 3.05) is 0 Å². The monoisotopic (exact) mass is 314 g/mol. The maximum atomic E-state index is 10.9. The molecule has 76 valence electrons. The lowest BCUT2D eigenvalue weighted by molar-refractivity contribution is 0.0995. The normalized spacial score (nSPS) is 10.2. The molecule has 0 unspecified atom stereocenters. The molecule has 0 aliphatic heterocycles. The molecule has 0 aromatic carbocycles. The van der Waals surface area contributed by atoms with E-state index in [0.717, 1.165) is 9.39 Å². The molecule has 0 fully saturated rings. The molecule has 0 saturated carbocycles. The van der Waals surface area contributed by atoms with Crippen molar-refractivity contribution in [3.05, 3.63) is 40.0 Å². The maximum absolute atomic E-state index is 10.9. The molecule has 2 aromatic heterocycles. The molecular formula is C9H7IN4O. The first-order chi connectivity index (χ1) is 7.16. The van der Waals surface area contributed by atoms with Crippen LogP contribution in [0.2, 0.25) is 0 Å². The maximum Gasteiger partial charge on any atom is 0.267 e. The third-order valence-corrected chi connectivity index (χ3v) is 2.39. The van der Waals surface area contributed by atoms with Gasteiger partial charge in [0.1, 0.15) is 9.39 Å². The van der Waals surface area contributed by atoms with E-state index in [1.807, 2.05) is 12.3 Å². The van der Waals surface area contributed by atoms with Crippen LogP contribution in [0.5, 0.6) is 0 Å². The van der Waals surface area contributed by atoms with E-state index in [9.17, 15) is 4.79 Å². The highest BCUT2D eigenvalue weighted by atomic mass is 127. The first-order valence-corrected chi connectivity index (χ1v) is 5.22. The van der Waals surface area contributed by atoms with Crippen molar-refractivity contribution in [1.82, 2.24) is 14.8 Å². The topological polar surface area (TPSA) is 73.8 Å². The number of halogens is 1. The summed E-state index contributed by atoms with van der Waals surface area (Å²) in [6.07, 6.45) is 3.34. The predicted octanol–water partition coefficient (Wildman–Crippen LogP) is 0.971. The highest BCUT2D eigenvalue weighted by Gasteiger charge is 2.04. The Labute approximate surface area is 99.4 Å². The lowest BCUT2D eigenvalue weighted by Gasteiger charge is -2.01. The summed E-state index contributed by atoms with van der Waals surface area (Å²) in [6, 6.07) is 5.23. The van der Waals surface area contributed by atoms with Crippen LogP contribution < -0.4 is 5.73 Å². The van der Waals surface area contributed by atoms with E-state index in [2.05, 4.69) is 32.7 Å². The smallest absolute Gasteiger partial charge is 0.267 e. The van der Waals surface area contributed by atoms with Gasteiger partial charge < -0.3 is 5.73 Å². The molecule has 0 aliphatic rings. The molecule has 0 atom stereocenters. The number of amides is 1. The van der Waals surface area contributed by atoms with E-state index in [1.165, 1.54) is 6.20 Å². The molecule has 2 rings (SSSR count). The summed E-state index contributed by atoms with van der Waals surface area (Å²) in [4.78, 5) is 14.8. The lowest BCUT2D eigenvalue weighted by atomic mass is 10.3. The molecule has 6 heteroatoms. The zero-order valence-electron chi connectivity index (χ0n) is 7.59. The van der Waals surface area contributed by atoms with Crippen molar-refractivity contribution in [3.8, 4) is 5.69 Å². The lowest BCUT2D eigenvalue weighted by Crippen LogP contribution is -2.13. The van der Waals surface area contributed by atoms with Gasteiger partial charge in [0.2, 0.25) is 0 Å². The number of nitrogens with two attached hydrogens (primary N) is 1. The minimum atomic E-state index is -0.543. The number of rotatable bonds is 2. The van der Waals surface area contributed by atoms with Gasteiger partial charge in [-0.15, -0.1) is 0 Å². The summed E-state index contributed by atoms with van der Waals surface area (Å²) in [6.45, 7) is 0. The number of carbonyl (C=O) groups excluding carboxylic acids is 1. The molecule has 0 bridgehead atoms. The Balaban J connectivity index is 2.45. The molecule has 2 aromatic rings. The standard InChI is InChI=1S/C9H7IN4O/c10-8-2-4-14(13-8)6-1-3-12-7(5-6)9(11)15/h1-5H,(H2,11,15). The predicted molar refractivity (Wildman–Crippen MR) is 62.6 cm³/mol. The van der Waals surface area contributed by atoms with Crippen LogP contribution in [0.1, 0.15) is 10.5 Å². The molecule has 2 heterocycles. The van der Waals surface area contributed by atoms with Gasteiger partial charge in [-0.3, -0.25) is 9.78 Å². The van der Waals surface area contributed by atoms with Crippen LogP contribution >= 0.6 is 22.6 Å². The first-order valence-electron chi connectivity index (χ1n) is 4.14. The summed E-state index contributed by atoms with van der Waals surface area (Å²) in [5.74, 6) is -0.543. The third kappa shape index (κ3) is 2.14. The van der Waals surface area contributed by atoms with Gasteiger partial charge in [0, 0.05) is 12.4 Å². The van der Waals surface area contributed by atoms with Gasteiger partial charge >= 0.3 is 0 Å². The Morgan fingerprint density at radius 1 is 1.47 bits per heavy atom. The van der Waals surface area contributed by atoms with E-state index in [4.69, 9.17) is 5.73 Å². The highest BCUT2D eigenvalue weighted by Crippen LogP contribution is 2.09. The van der Waals surface area contributed by atoms with Crippen molar-refractivity contribution in [3.63, 3.8) is 0 Å². The number of nitrogens with zero attached hydrogens (tertiary/aromatic N) is 3. The molecule has 2 N–H and O–H groups in total. The molecular weight excluding hydrogens is 307 g/mol. The summed E-state index contributed by atoms with van der Waals surface area (Å²) in [7, 11) is 0. The fourth-order valence-electron chi connectivity index (χ4n) is 1.14. The minimum absolute atomic E-state index is 0.234. The molecule has 0 saturated heterocycles. The molecule has 0 aliphatic carbocycles. The van der Waals surface area contributed by atoms with Crippen LogP contribution in [0, 0.1) is 3.70 Å². The van der Waals surface area contributed by atoms with Crippen molar-refractivity contribution in [1.29, 1.82) is 0 Å². The number of primary amides is 1. The van der Waals surface area contributed by atoms with Crippen LogP contribution in [0.25, 0.3) is 5.69 Å². The number of aromatic nitrogens is 3. The Hall–Kier alpha value is -1.44. The van der Waals surface area contributed by atoms with Crippen LogP contribution in [-0.4, -0.2) is 20.7 Å². The summed E-state index contributed by atoms with van der Waals surface area (Å²) in [5.41, 5.74) is 6.13. The van der Waals surface area contributed by atoms with Crippen molar-refractivity contribution < 1.29 is 4.79 Å². The highest BCUT2D eigenvalue weighted by molar-refractivity contribution is 14.1. The Morgan fingerprint density at radius 3 is 2.87 bits per heavy atom. The van der Waals surface area contributed by atoms with Gasteiger partial charge in [-0.2, -0.15) is 5.10 Å². The summed E-state index contributed by atoms with van der Waals surface area (Å²) >= 11 is 2.11. The average Bonchev–Trinajstić information content (AvgIpc) is 2.65. The van der Waals surface area contributed by atoms with Gasteiger partial charge in [0.15, 0.2) is 0 Å². The fourth-order valence-corrected chi connectivity index (χ4v) is 1.54. The first kappa shape index (κ1) is 10.1. The summed E-state index contributed by atoms with van der Waals surface area (Å²) < 4.78 is 2.54. The molecule has 0 spiro atoms. The second kappa shape index (κ2) is 3.97. The van der Waals surface area contributed by atoms with Gasteiger partial charge in [-0.25, -0.2) is 4.68 Å². The quantitative estimate of drug-likeness (QED) is 0.840. The molecule has 0 radical (unpaired) electrons. The van der Waals surface area contributed by atoms with E-state index < -0.39 is 5.91 Å². The van der Waals surface area contributed by atoms with Crippen molar-refractivity contribution in [2.24, 2.45) is 5.73 Å². The molecule has 15 heavy (non-hydrogen) atoms.